The quantitative estimate of drug-likeness (QED) is 0.455. The predicted octanol–water partition coefficient (Wildman–Crippen LogP) is 0.361. The molecule has 0 aliphatic rings. The Balaban J connectivity index is 3.16. The highest BCUT2D eigenvalue weighted by Gasteiger charge is 2.45. The van der Waals surface area contributed by atoms with Crippen molar-refractivity contribution >= 4 is 21.2 Å². The van der Waals surface area contributed by atoms with Crippen molar-refractivity contribution in [1.29, 1.82) is 0 Å². The second-order valence-electron chi connectivity index (χ2n) is 3.56. The molecule has 4 N–H and O–H groups in total. The first-order chi connectivity index (χ1) is 8.51. The summed E-state index contributed by atoms with van der Waals surface area (Å²) >= 11 is 0. The monoisotopic (exact) mass is 311 g/mol. The topological polar surface area (TPSA) is 154 Å². The van der Waals surface area contributed by atoms with Gasteiger partial charge in [-0.2, -0.15) is 0 Å². The van der Waals surface area contributed by atoms with Crippen molar-refractivity contribution < 1.29 is 38.2 Å². The molecule has 0 saturated carbocycles. The van der Waals surface area contributed by atoms with Crippen LogP contribution in [0.15, 0.2) is 18.3 Å². The van der Waals surface area contributed by atoms with E-state index in [1.807, 2.05) is 0 Å². The molecule has 0 atom stereocenters. The van der Waals surface area contributed by atoms with Gasteiger partial charge in [0.1, 0.15) is 5.75 Å². The molecule has 0 aliphatic carbocycles. The molecule has 0 amide bonds. The maximum Gasteiger partial charge on any atom is 0.346 e. The van der Waals surface area contributed by atoms with Gasteiger partial charge in [0.2, 0.25) is 5.40 Å². The van der Waals surface area contributed by atoms with Crippen molar-refractivity contribution in [2.45, 2.75) is 12.3 Å². The minimum absolute atomic E-state index is 0.00794. The van der Waals surface area contributed by atoms with E-state index >= 15 is 0 Å². The molecule has 0 bridgehead atoms. The van der Waals surface area contributed by atoms with Gasteiger partial charge in [-0.25, -0.2) is 0 Å². The lowest BCUT2D eigenvalue weighted by Crippen LogP contribution is -2.05. The molecule has 0 saturated heterocycles. The van der Waals surface area contributed by atoms with Crippen molar-refractivity contribution in [2.75, 3.05) is 0 Å². The largest absolute Gasteiger partial charge is 0.425 e. The summed E-state index contributed by atoms with van der Waals surface area (Å²) < 4.78 is 26.9. The van der Waals surface area contributed by atoms with Crippen molar-refractivity contribution in [3.8, 4) is 5.75 Å². The van der Waals surface area contributed by atoms with Crippen LogP contribution in [0.25, 0.3) is 0 Å². The van der Waals surface area contributed by atoms with E-state index in [1.165, 1.54) is 0 Å². The minimum atomic E-state index is -5.10. The normalized spacial score (nSPS) is 12.5. The molecule has 1 aromatic heterocycles. The molecule has 0 spiro atoms. The fraction of sp³-hybridized carbons (Fsp3) is 0.250. The molecule has 106 valence electrons. The molecular formula is C8H11NO8P2. The molecule has 0 aromatic carbocycles. The second kappa shape index (κ2) is 5.50. The van der Waals surface area contributed by atoms with Gasteiger partial charge in [0, 0.05) is 6.92 Å². The van der Waals surface area contributed by atoms with Crippen molar-refractivity contribution in [3.05, 3.63) is 24.0 Å². The number of pyridine rings is 1. The summed E-state index contributed by atoms with van der Waals surface area (Å²) in [5, 5.41) is -2.34. The maximum atomic E-state index is 11.1. The van der Waals surface area contributed by atoms with E-state index in [-0.39, 0.29) is 5.75 Å². The van der Waals surface area contributed by atoms with Crippen LogP contribution in [0.3, 0.4) is 0 Å². The van der Waals surface area contributed by atoms with E-state index in [0.29, 0.717) is 0 Å². The third-order valence-corrected chi connectivity index (χ3v) is 5.53. The Morgan fingerprint density at radius 2 is 1.74 bits per heavy atom. The van der Waals surface area contributed by atoms with Crippen LogP contribution in [0.1, 0.15) is 18.0 Å². The third-order valence-electron chi connectivity index (χ3n) is 1.92. The van der Waals surface area contributed by atoms with E-state index in [9.17, 15) is 13.9 Å². The van der Waals surface area contributed by atoms with Crippen LogP contribution >= 0.6 is 15.2 Å². The van der Waals surface area contributed by atoms with Crippen LogP contribution in [-0.2, 0) is 13.9 Å². The summed E-state index contributed by atoms with van der Waals surface area (Å²) in [5.41, 5.74) is -0.488. The summed E-state index contributed by atoms with van der Waals surface area (Å²) in [5.74, 6) is -0.637. The van der Waals surface area contributed by atoms with Gasteiger partial charge in [-0.1, -0.05) is 0 Å². The number of rotatable bonds is 4. The summed E-state index contributed by atoms with van der Waals surface area (Å²) in [6.07, 6.45) is 0.940. The number of carbonyl (C=O) groups is 1. The Bertz CT molecular complexity index is 537. The lowest BCUT2D eigenvalue weighted by molar-refractivity contribution is -0.131. The van der Waals surface area contributed by atoms with Crippen molar-refractivity contribution in [3.63, 3.8) is 0 Å². The second-order valence-corrected chi connectivity index (χ2v) is 7.36. The number of ether oxygens (including phenoxy) is 1. The van der Waals surface area contributed by atoms with Crippen molar-refractivity contribution in [1.82, 2.24) is 4.98 Å². The third kappa shape index (κ3) is 4.50. The first kappa shape index (κ1) is 16.0. The van der Waals surface area contributed by atoms with E-state index in [2.05, 4.69) is 9.72 Å². The number of nitrogens with zero attached hydrogens (tertiary/aromatic N) is 1. The van der Waals surface area contributed by atoms with Gasteiger partial charge < -0.3 is 24.3 Å². The Hall–Kier alpha value is -1.08. The van der Waals surface area contributed by atoms with Gasteiger partial charge in [0.15, 0.2) is 0 Å². The zero-order valence-electron chi connectivity index (χ0n) is 9.57. The van der Waals surface area contributed by atoms with Gasteiger partial charge in [0.05, 0.1) is 11.9 Å². The molecule has 0 radical (unpaired) electrons. The zero-order valence-corrected chi connectivity index (χ0v) is 11.4. The molecule has 0 fully saturated rings. The van der Waals surface area contributed by atoms with Crippen LogP contribution in [-0.4, -0.2) is 30.5 Å². The highest BCUT2D eigenvalue weighted by atomic mass is 31.2. The van der Waals surface area contributed by atoms with Gasteiger partial charge in [-0.05, 0) is 12.1 Å². The molecule has 1 heterocycles. The smallest absolute Gasteiger partial charge is 0.346 e. The van der Waals surface area contributed by atoms with Gasteiger partial charge in [-0.3, -0.25) is 18.9 Å². The molecule has 11 heteroatoms. The molecule has 9 nitrogen and oxygen atoms in total. The maximum absolute atomic E-state index is 11.1. The van der Waals surface area contributed by atoms with Gasteiger partial charge >= 0.3 is 21.2 Å². The number of aromatic nitrogens is 1. The standard InChI is InChI=1S/C8H11NO8P2/c1-5(10)17-6-2-3-7(9-4-6)8(18(11,12)13)19(14,15)16/h2-4,8H,1H3,(H2,11,12,13)(H2,14,15,16). The summed E-state index contributed by atoms with van der Waals surface area (Å²) in [6, 6.07) is 2.10. The lowest BCUT2D eigenvalue weighted by atomic mass is 10.4. The van der Waals surface area contributed by atoms with E-state index in [0.717, 1.165) is 25.3 Å². The summed E-state index contributed by atoms with van der Waals surface area (Å²) in [6.45, 7) is 1.14. The van der Waals surface area contributed by atoms with Crippen LogP contribution in [0.4, 0.5) is 0 Å². The number of hydrogen-bond acceptors (Lipinski definition) is 5. The highest BCUT2D eigenvalue weighted by Crippen LogP contribution is 2.69. The first-order valence-electron chi connectivity index (χ1n) is 4.76. The van der Waals surface area contributed by atoms with Gasteiger partial charge in [-0.15, -0.1) is 0 Å². The average molecular weight is 311 g/mol. The van der Waals surface area contributed by atoms with Crippen molar-refractivity contribution in [2.24, 2.45) is 0 Å². The predicted molar refractivity (Wildman–Crippen MR) is 62.4 cm³/mol. The minimum Gasteiger partial charge on any atom is -0.425 e. The molecule has 0 unspecified atom stereocenters. The lowest BCUT2D eigenvalue weighted by Gasteiger charge is -2.18. The van der Waals surface area contributed by atoms with Gasteiger partial charge in [0.25, 0.3) is 0 Å². The van der Waals surface area contributed by atoms with E-state index in [1.54, 1.807) is 0 Å². The summed E-state index contributed by atoms with van der Waals surface area (Å²) in [7, 11) is -10.2. The Morgan fingerprint density at radius 1 is 1.21 bits per heavy atom. The molecule has 1 rings (SSSR count). The van der Waals surface area contributed by atoms with E-state index in [4.69, 9.17) is 19.6 Å². The zero-order chi connectivity index (χ0) is 14.8. The van der Waals surface area contributed by atoms with E-state index < -0.39 is 32.3 Å². The van der Waals surface area contributed by atoms with Crippen LogP contribution < -0.4 is 4.74 Å². The average Bonchev–Trinajstić information content (AvgIpc) is 2.15. The number of hydrogen-bond donors (Lipinski definition) is 4. The molecule has 0 aliphatic heterocycles. The molecular weight excluding hydrogens is 300 g/mol. The summed E-state index contributed by atoms with van der Waals surface area (Å²) in [4.78, 5) is 50.1. The Morgan fingerprint density at radius 3 is 2.05 bits per heavy atom. The fourth-order valence-electron chi connectivity index (χ4n) is 1.31. The van der Waals surface area contributed by atoms with Crippen LogP contribution in [0, 0.1) is 0 Å². The Kier molecular flexibility index (Phi) is 4.63. The number of esters is 1. The SMILES string of the molecule is CC(=O)Oc1ccc(C(P(=O)(O)O)P(=O)(O)O)nc1. The van der Waals surface area contributed by atoms with Crippen LogP contribution in [0.2, 0.25) is 0 Å². The first-order valence-corrected chi connectivity index (χ1v) is 8.13. The number of carbonyl (C=O) groups excluding carboxylic acids is 1. The Labute approximate surface area is 107 Å². The molecule has 1 aromatic rings. The fourth-order valence-corrected chi connectivity index (χ4v) is 3.87. The highest BCUT2D eigenvalue weighted by molar-refractivity contribution is 7.70. The molecule has 19 heavy (non-hydrogen) atoms. The van der Waals surface area contributed by atoms with Crippen LogP contribution in [0.5, 0.6) is 5.75 Å².